The third-order valence-corrected chi connectivity index (χ3v) is 6.07. The molecule has 11 heteroatoms. The summed E-state index contributed by atoms with van der Waals surface area (Å²) >= 11 is 1.47. The molecule has 4 aromatic heterocycles. The SMILES string of the molecule is Cc1ncc(NC(=O)OC(C)(C)C)cc1NC(=O)c1cnn2cc(-c3cnn(C)c3C)sc12. The molecule has 0 radical (unpaired) electrons. The van der Waals surface area contributed by atoms with E-state index in [0.29, 0.717) is 22.6 Å². The second-order valence-corrected chi connectivity index (χ2v) is 9.64. The van der Waals surface area contributed by atoms with Crippen molar-refractivity contribution in [3.63, 3.8) is 0 Å². The first-order chi connectivity index (χ1) is 15.5. The Hall–Kier alpha value is -3.73. The first-order valence-electron chi connectivity index (χ1n) is 10.3. The molecular weight excluding hydrogens is 442 g/mol. The van der Waals surface area contributed by atoms with Gasteiger partial charge in [-0.05, 0) is 40.7 Å². The van der Waals surface area contributed by atoms with E-state index in [0.717, 1.165) is 21.0 Å². The number of fused-ring (bicyclic) bond motifs is 1. The van der Waals surface area contributed by atoms with Crippen LogP contribution in [0.5, 0.6) is 0 Å². The van der Waals surface area contributed by atoms with Gasteiger partial charge in [0, 0.05) is 24.5 Å². The molecule has 0 bridgehead atoms. The number of nitrogens with one attached hydrogen (secondary N) is 2. The molecule has 172 valence electrons. The number of anilines is 2. The molecule has 10 nitrogen and oxygen atoms in total. The number of aromatic nitrogens is 5. The predicted molar refractivity (Wildman–Crippen MR) is 127 cm³/mol. The summed E-state index contributed by atoms with van der Waals surface area (Å²) in [5.41, 5.74) is 3.35. The zero-order valence-electron chi connectivity index (χ0n) is 19.3. The first kappa shape index (κ1) is 22.5. The molecule has 2 amide bonds. The Morgan fingerprint density at radius 3 is 2.52 bits per heavy atom. The van der Waals surface area contributed by atoms with Crippen molar-refractivity contribution in [1.29, 1.82) is 0 Å². The van der Waals surface area contributed by atoms with Gasteiger partial charge in [-0.2, -0.15) is 10.2 Å². The van der Waals surface area contributed by atoms with E-state index in [4.69, 9.17) is 4.74 Å². The van der Waals surface area contributed by atoms with Crippen LogP contribution in [0.25, 0.3) is 15.3 Å². The van der Waals surface area contributed by atoms with E-state index in [-0.39, 0.29) is 5.91 Å². The van der Waals surface area contributed by atoms with Gasteiger partial charge in [0.1, 0.15) is 10.4 Å². The largest absolute Gasteiger partial charge is 0.444 e. The zero-order chi connectivity index (χ0) is 23.9. The Balaban J connectivity index is 1.56. The number of carbonyl (C=O) groups is 2. The summed E-state index contributed by atoms with van der Waals surface area (Å²) in [7, 11) is 1.89. The second kappa shape index (κ2) is 8.32. The Kier molecular flexibility index (Phi) is 5.66. The molecule has 0 saturated carbocycles. The van der Waals surface area contributed by atoms with Gasteiger partial charge in [0.15, 0.2) is 0 Å². The van der Waals surface area contributed by atoms with Crippen LogP contribution in [-0.4, -0.2) is 42.0 Å². The van der Waals surface area contributed by atoms with Gasteiger partial charge in [-0.25, -0.2) is 9.31 Å². The Bertz CT molecular complexity index is 1360. The van der Waals surface area contributed by atoms with Gasteiger partial charge in [-0.3, -0.25) is 19.8 Å². The standard InChI is InChI=1S/C22H25N7O3S/c1-12-17(7-14(8-23-12)26-21(31)32-22(3,4)5)27-19(30)16-10-25-29-11-18(33-20(16)29)15-9-24-28(6)13(15)2/h7-11H,1-6H3,(H,26,31)(H,27,30). The summed E-state index contributed by atoms with van der Waals surface area (Å²) < 4.78 is 8.76. The van der Waals surface area contributed by atoms with Gasteiger partial charge >= 0.3 is 6.09 Å². The number of hydrogen-bond acceptors (Lipinski definition) is 7. The maximum Gasteiger partial charge on any atom is 0.412 e. The topological polar surface area (TPSA) is 115 Å². The minimum atomic E-state index is -0.624. The molecule has 0 saturated heterocycles. The van der Waals surface area contributed by atoms with E-state index >= 15 is 0 Å². The molecule has 0 aliphatic carbocycles. The third kappa shape index (κ3) is 4.72. The molecular formula is C22H25N7O3S. The van der Waals surface area contributed by atoms with E-state index in [9.17, 15) is 9.59 Å². The molecule has 33 heavy (non-hydrogen) atoms. The number of ether oxygens (including phenoxy) is 1. The normalized spacial score (nSPS) is 11.6. The summed E-state index contributed by atoms with van der Waals surface area (Å²) in [5, 5.41) is 14.1. The van der Waals surface area contributed by atoms with Gasteiger partial charge in [0.25, 0.3) is 5.91 Å². The van der Waals surface area contributed by atoms with Crippen LogP contribution in [0.3, 0.4) is 0 Å². The quantitative estimate of drug-likeness (QED) is 0.459. The van der Waals surface area contributed by atoms with Crippen LogP contribution in [0.4, 0.5) is 16.2 Å². The van der Waals surface area contributed by atoms with Crippen LogP contribution >= 0.6 is 11.3 Å². The van der Waals surface area contributed by atoms with Crippen molar-refractivity contribution < 1.29 is 14.3 Å². The molecule has 0 atom stereocenters. The number of amides is 2. The number of pyridine rings is 1. The lowest BCUT2D eigenvalue weighted by Gasteiger charge is -2.19. The summed E-state index contributed by atoms with van der Waals surface area (Å²) in [6.07, 6.45) is 6.14. The lowest BCUT2D eigenvalue weighted by molar-refractivity contribution is 0.0635. The molecule has 0 fully saturated rings. The van der Waals surface area contributed by atoms with Crippen LogP contribution in [-0.2, 0) is 11.8 Å². The minimum absolute atomic E-state index is 0.319. The van der Waals surface area contributed by atoms with Crippen LogP contribution < -0.4 is 10.6 Å². The van der Waals surface area contributed by atoms with Crippen LogP contribution in [0.2, 0.25) is 0 Å². The molecule has 0 spiro atoms. The van der Waals surface area contributed by atoms with Crippen molar-refractivity contribution in [1.82, 2.24) is 24.4 Å². The van der Waals surface area contributed by atoms with Gasteiger partial charge < -0.3 is 10.1 Å². The molecule has 0 aromatic carbocycles. The van der Waals surface area contributed by atoms with E-state index < -0.39 is 11.7 Å². The maximum absolute atomic E-state index is 13.1. The Labute approximate surface area is 194 Å². The van der Waals surface area contributed by atoms with E-state index in [1.807, 2.05) is 20.2 Å². The van der Waals surface area contributed by atoms with Crippen molar-refractivity contribution in [2.45, 2.75) is 40.2 Å². The maximum atomic E-state index is 13.1. The smallest absolute Gasteiger partial charge is 0.412 e. The van der Waals surface area contributed by atoms with Gasteiger partial charge in [-0.15, -0.1) is 11.3 Å². The van der Waals surface area contributed by atoms with Crippen molar-refractivity contribution in [2.75, 3.05) is 10.6 Å². The van der Waals surface area contributed by atoms with E-state index in [1.165, 1.54) is 23.7 Å². The Morgan fingerprint density at radius 1 is 1.09 bits per heavy atom. The summed E-state index contributed by atoms with van der Waals surface area (Å²) in [6.45, 7) is 9.11. The summed E-state index contributed by atoms with van der Waals surface area (Å²) in [4.78, 5) is 31.1. The molecule has 4 rings (SSSR count). The predicted octanol–water partition coefficient (Wildman–Crippen LogP) is 4.41. The summed E-state index contributed by atoms with van der Waals surface area (Å²) in [6, 6.07) is 1.64. The number of thiazole rings is 1. The highest BCUT2D eigenvalue weighted by atomic mass is 32.1. The fourth-order valence-corrected chi connectivity index (χ4v) is 4.27. The lowest BCUT2D eigenvalue weighted by atomic mass is 10.2. The molecule has 0 aliphatic heterocycles. The van der Waals surface area contributed by atoms with E-state index in [1.54, 1.807) is 49.2 Å². The fourth-order valence-electron chi connectivity index (χ4n) is 3.15. The first-order valence-corrected chi connectivity index (χ1v) is 11.1. The highest BCUT2D eigenvalue weighted by molar-refractivity contribution is 7.21. The fraction of sp³-hybridized carbons (Fsp3) is 0.318. The highest BCUT2D eigenvalue weighted by Crippen LogP contribution is 2.32. The number of aryl methyl sites for hydroxylation is 2. The van der Waals surface area contributed by atoms with Crippen molar-refractivity contribution >= 4 is 39.5 Å². The Morgan fingerprint density at radius 2 is 1.85 bits per heavy atom. The average molecular weight is 468 g/mol. The second-order valence-electron chi connectivity index (χ2n) is 8.61. The monoisotopic (exact) mass is 467 g/mol. The van der Waals surface area contributed by atoms with Gasteiger partial charge in [0.2, 0.25) is 0 Å². The highest BCUT2D eigenvalue weighted by Gasteiger charge is 2.20. The van der Waals surface area contributed by atoms with Gasteiger partial charge in [-0.1, -0.05) is 0 Å². The lowest BCUT2D eigenvalue weighted by Crippen LogP contribution is -2.27. The van der Waals surface area contributed by atoms with Crippen LogP contribution in [0.15, 0.2) is 30.9 Å². The van der Waals surface area contributed by atoms with Crippen LogP contribution in [0, 0.1) is 13.8 Å². The molecule has 4 heterocycles. The van der Waals surface area contributed by atoms with Crippen molar-refractivity contribution in [2.24, 2.45) is 7.05 Å². The molecule has 0 unspecified atom stereocenters. The zero-order valence-corrected chi connectivity index (χ0v) is 20.1. The number of hydrogen-bond donors (Lipinski definition) is 2. The van der Waals surface area contributed by atoms with Crippen LogP contribution in [0.1, 0.15) is 42.5 Å². The molecule has 2 N–H and O–H groups in total. The molecule has 0 aliphatic rings. The van der Waals surface area contributed by atoms with E-state index in [2.05, 4.69) is 25.8 Å². The number of nitrogens with zero attached hydrogens (tertiary/aromatic N) is 5. The number of rotatable bonds is 4. The van der Waals surface area contributed by atoms with Crippen molar-refractivity contribution in [3.05, 3.63) is 47.8 Å². The average Bonchev–Trinajstić information content (AvgIpc) is 3.38. The van der Waals surface area contributed by atoms with Crippen molar-refractivity contribution in [3.8, 4) is 10.4 Å². The number of carbonyl (C=O) groups excluding carboxylic acids is 2. The van der Waals surface area contributed by atoms with Gasteiger partial charge in [0.05, 0.1) is 46.1 Å². The molecule has 4 aromatic rings. The summed E-state index contributed by atoms with van der Waals surface area (Å²) in [5.74, 6) is -0.319. The minimum Gasteiger partial charge on any atom is -0.444 e. The third-order valence-electron chi connectivity index (χ3n) is 4.92.